The molecule has 1 aromatic rings. The zero-order valence-electron chi connectivity index (χ0n) is 13.1. The lowest BCUT2D eigenvalue weighted by molar-refractivity contribution is -0.124. The standard InChI is InChI=1S/C16H22FN3O2/c1-11-8-20(9-14(21)19-11)15(22)18-10-16(2,3)12-6-4-5-7-13(12)17/h4-7,11H,8-10H2,1-3H3,(H,18,22)(H,19,21). The van der Waals surface area contributed by atoms with Crippen molar-refractivity contribution in [1.29, 1.82) is 0 Å². The molecule has 0 aliphatic carbocycles. The summed E-state index contributed by atoms with van der Waals surface area (Å²) in [4.78, 5) is 25.1. The van der Waals surface area contributed by atoms with Crippen molar-refractivity contribution in [2.24, 2.45) is 0 Å². The molecule has 120 valence electrons. The van der Waals surface area contributed by atoms with Gasteiger partial charge in [-0.2, -0.15) is 0 Å². The molecule has 1 heterocycles. The monoisotopic (exact) mass is 307 g/mol. The van der Waals surface area contributed by atoms with Crippen molar-refractivity contribution < 1.29 is 14.0 Å². The van der Waals surface area contributed by atoms with E-state index in [0.717, 1.165) is 0 Å². The molecule has 0 bridgehead atoms. The molecule has 1 saturated heterocycles. The minimum atomic E-state index is -0.537. The van der Waals surface area contributed by atoms with Gasteiger partial charge in [-0.1, -0.05) is 32.0 Å². The van der Waals surface area contributed by atoms with Gasteiger partial charge in [0.15, 0.2) is 0 Å². The Labute approximate surface area is 129 Å². The molecule has 0 aromatic heterocycles. The average Bonchev–Trinajstić information content (AvgIpc) is 2.44. The summed E-state index contributed by atoms with van der Waals surface area (Å²) in [6, 6.07) is 6.19. The van der Waals surface area contributed by atoms with Gasteiger partial charge in [-0.05, 0) is 18.6 Å². The highest BCUT2D eigenvalue weighted by Crippen LogP contribution is 2.24. The molecule has 2 rings (SSSR count). The molecule has 1 aliphatic heterocycles. The second-order valence-corrected chi connectivity index (χ2v) is 6.37. The Balaban J connectivity index is 1.98. The highest BCUT2D eigenvalue weighted by atomic mass is 19.1. The maximum absolute atomic E-state index is 13.9. The Morgan fingerprint density at radius 1 is 1.45 bits per heavy atom. The molecule has 0 saturated carbocycles. The predicted molar refractivity (Wildman–Crippen MR) is 82.0 cm³/mol. The Bertz CT molecular complexity index is 574. The van der Waals surface area contributed by atoms with E-state index in [1.807, 2.05) is 20.8 Å². The molecular formula is C16H22FN3O2. The first-order valence-electron chi connectivity index (χ1n) is 7.37. The first-order chi connectivity index (χ1) is 10.3. The van der Waals surface area contributed by atoms with E-state index in [-0.39, 0.29) is 30.3 Å². The largest absolute Gasteiger partial charge is 0.350 e. The summed E-state index contributed by atoms with van der Waals surface area (Å²) < 4.78 is 13.9. The van der Waals surface area contributed by atoms with E-state index >= 15 is 0 Å². The van der Waals surface area contributed by atoms with Gasteiger partial charge in [0, 0.05) is 24.5 Å². The summed E-state index contributed by atoms with van der Waals surface area (Å²) in [6.45, 7) is 6.41. The van der Waals surface area contributed by atoms with E-state index in [4.69, 9.17) is 0 Å². The van der Waals surface area contributed by atoms with E-state index < -0.39 is 5.41 Å². The molecule has 1 atom stereocenters. The van der Waals surface area contributed by atoms with Crippen molar-refractivity contribution in [3.05, 3.63) is 35.6 Å². The van der Waals surface area contributed by atoms with Crippen LogP contribution in [0.2, 0.25) is 0 Å². The van der Waals surface area contributed by atoms with Crippen LogP contribution in [0.5, 0.6) is 0 Å². The molecule has 1 unspecified atom stereocenters. The van der Waals surface area contributed by atoms with Gasteiger partial charge < -0.3 is 15.5 Å². The van der Waals surface area contributed by atoms with Gasteiger partial charge in [-0.3, -0.25) is 4.79 Å². The van der Waals surface area contributed by atoms with E-state index in [0.29, 0.717) is 18.7 Å². The van der Waals surface area contributed by atoms with Gasteiger partial charge in [0.1, 0.15) is 12.4 Å². The van der Waals surface area contributed by atoms with Gasteiger partial charge >= 0.3 is 6.03 Å². The molecule has 1 aromatic carbocycles. The SMILES string of the molecule is CC1CN(C(=O)NCC(C)(C)c2ccccc2F)CC(=O)N1. The fourth-order valence-corrected chi connectivity index (χ4v) is 2.60. The van der Waals surface area contributed by atoms with Crippen LogP contribution in [0.15, 0.2) is 24.3 Å². The molecule has 0 radical (unpaired) electrons. The quantitative estimate of drug-likeness (QED) is 0.891. The summed E-state index contributed by atoms with van der Waals surface area (Å²) >= 11 is 0. The van der Waals surface area contributed by atoms with Gasteiger partial charge in [0.25, 0.3) is 0 Å². The number of amides is 3. The number of nitrogens with one attached hydrogen (secondary N) is 2. The van der Waals surface area contributed by atoms with Crippen molar-refractivity contribution in [3.63, 3.8) is 0 Å². The zero-order chi connectivity index (χ0) is 16.3. The van der Waals surface area contributed by atoms with Crippen molar-refractivity contribution in [2.75, 3.05) is 19.6 Å². The normalized spacial score (nSPS) is 18.8. The molecule has 3 amide bonds. The van der Waals surface area contributed by atoms with Crippen LogP contribution in [0.4, 0.5) is 9.18 Å². The van der Waals surface area contributed by atoms with E-state index in [1.165, 1.54) is 11.0 Å². The Morgan fingerprint density at radius 2 is 2.14 bits per heavy atom. The maximum Gasteiger partial charge on any atom is 0.317 e. The fourth-order valence-electron chi connectivity index (χ4n) is 2.60. The lowest BCUT2D eigenvalue weighted by atomic mass is 9.84. The van der Waals surface area contributed by atoms with Gasteiger partial charge in [0.2, 0.25) is 5.91 Å². The maximum atomic E-state index is 13.9. The van der Waals surface area contributed by atoms with Crippen molar-refractivity contribution in [2.45, 2.75) is 32.2 Å². The third-order valence-corrected chi connectivity index (χ3v) is 3.81. The lowest BCUT2D eigenvalue weighted by Gasteiger charge is -2.33. The van der Waals surface area contributed by atoms with Crippen molar-refractivity contribution in [3.8, 4) is 0 Å². The third-order valence-electron chi connectivity index (χ3n) is 3.81. The second kappa shape index (κ2) is 6.34. The fraction of sp³-hybridized carbons (Fsp3) is 0.500. The second-order valence-electron chi connectivity index (χ2n) is 6.37. The number of rotatable bonds is 3. The number of hydrogen-bond acceptors (Lipinski definition) is 2. The van der Waals surface area contributed by atoms with Crippen molar-refractivity contribution in [1.82, 2.24) is 15.5 Å². The molecule has 6 heteroatoms. The highest BCUT2D eigenvalue weighted by Gasteiger charge is 2.28. The minimum Gasteiger partial charge on any atom is -0.350 e. The van der Waals surface area contributed by atoms with Crippen LogP contribution < -0.4 is 10.6 Å². The zero-order valence-corrected chi connectivity index (χ0v) is 13.1. The molecule has 22 heavy (non-hydrogen) atoms. The lowest BCUT2D eigenvalue weighted by Crippen LogP contribution is -2.57. The number of urea groups is 1. The summed E-state index contributed by atoms with van der Waals surface area (Å²) in [5, 5.41) is 5.56. The number of carbonyl (C=O) groups excluding carboxylic acids is 2. The highest BCUT2D eigenvalue weighted by molar-refractivity contribution is 5.85. The van der Waals surface area contributed by atoms with Crippen LogP contribution in [-0.4, -0.2) is 42.5 Å². The first kappa shape index (κ1) is 16.3. The van der Waals surface area contributed by atoms with Crippen LogP contribution in [0.25, 0.3) is 0 Å². The molecule has 2 N–H and O–H groups in total. The first-order valence-corrected chi connectivity index (χ1v) is 7.37. The van der Waals surface area contributed by atoms with Crippen LogP contribution in [-0.2, 0) is 10.2 Å². The van der Waals surface area contributed by atoms with E-state index in [2.05, 4.69) is 10.6 Å². The molecular weight excluding hydrogens is 285 g/mol. The van der Waals surface area contributed by atoms with Crippen molar-refractivity contribution >= 4 is 11.9 Å². The number of halogens is 1. The third kappa shape index (κ3) is 3.75. The summed E-state index contributed by atoms with van der Waals surface area (Å²) in [7, 11) is 0. The Morgan fingerprint density at radius 3 is 2.77 bits per heavy atom. The summed E-state index contributed by atoms with van der Waals surface area (Å²) in [6.07, 6.45) is 0. The van der Waals surface area contributed by atoms with Gasteiger partial charge in [-0.25, -0.2) is 9.18 Å². The molecule has 5 nitrogen and oxygen atoms in total. The summed E-state index contributed by atoms with van der Waals surface area (Å²) in [5.41, 5.74) is 0.0186. The van der Waals surface area contributed by atoms with Crippen LogP contribution in [0.3, 0.4) is 0 Å². The van der Waals surface area contributed by atoms with Crippen LogP contribution >= 0.6 is 0 Å². The smallest absolute Gasteiger partial charge is 0.317 e. The molecule has 1 fully saturated rings. The molecule has 0 spiro atoms. The number of piperazine rings is 1. The number of hydrogen-bond donors (Lipinski definition) is 2. The average molecular weight is 307 g/mol. The molecule has 1 aliphatic rings. The van der Waals surface area contributed by atoms with Crippen LogP contribution in [0.1, 0.15) is 26.3 Å². The van der Waals surface area contributed by atoms with Crippen LogP contribution in [0, 0.1) is 5.82 Å². The topological polar surface area (TPSA) is 61.4 Å². The number of benzene rings is 1. The van der Waals surface area contributed by atoms with Gasteiger partial charge in [0.05, 0.1) is 0 Å². The number of nitrogens with zero attached hydrogens (tertiary/aromatic N) is 1. The Kier molecular flexibility index (Phi) is 4.68. The van der Waals surface area contributed by atoms with Gasteiger partial charge in [-0.15, -0.1) is 0 Å². The van der Waals surface area contributed by atoms with E-state index in [1.54, 1.807) is 18.2 Å². The predicted octanol–water partition coefficient (Wildman–Crippen LogP) is 1.63. The van der Waals surface area contributed by atoms with E-state index in [9.17, 15) is 14.0 Å². The minimum absolute atomic E-state index is 0.0519. The number of carbonyl (C=O) groups is 2. The summed E-state index contributed by atoms with van der Waals surface area (Å²) in [5.74, 6) is -0.449. The Hall–Kier alpha value is -2.11.